The molecule has 0 saturated carbocycles. The first kappa shape index (κ1) is 18.7. The molecule has 0 heterocycles. The van der Waals surface area contributed by atoms with Crippen molar-refractivity contribution in [2.75, 3.05) is 0 Å². The van der Waals surface area contributed by atoms with E-state index in [2.05, 4.69) is 52.8 Å². The van der Waals surface area contributed by atoms with Gasteiger partial charge in [0.15, 0.2) is 0 Å². The number of benzene rings is 2. The molecule has 0 bridgehead atoms. The van der Waals surface area contributed by atoms with Gasteiger partial charge in [0.05, 0.1) is 11.1 Å². The molecule has 0 aliphatic carbocycles. The summed E-state index contributed by atoms with van der Waals surface area (Å²) in [6.07, 6.45) is 0. The summed E-state index contributed by atoms with van der Waals surface area (Å²) in [4.78, 5) is 22.8. The van der Waals surface area contributed by atoms with E-state index in [9.17, 15) is 19.8 Å². The van der Waals surface area contributed by atoms with E-state index in [1.54, 1.807) is 6.07 Å². The lowest BCUT2D eigenvalue weighted by Gasteiger charge is -2.25. The van der Waals surface area contributed by atoms with Gasteiger partial charge in [-0.3, -0.25) is 0 Å². The molecule has 2 rings (SSSR count). The van der Waals surface area contributed by atoms with E-state index >= 15 is 0 Å². The van der Waals surface area contributed by atoms with Gasteiger partial charge in [-0.05, 0) is 45.7 Å². The average molecular weight is 340 g/mol. The Kier molecular flexibility index (Phi) is 5.02. The third-order valence-electron chi connectivity index (χ3n) is 4.31. The van der Waals surface area contributed by atoms with Gasteiger partial charge >= 0.3 is 11.9 Å². The summed E-state index contributed by atoms with van der Waals surface area (Å²) in [6.45, 7) is 10.5. The molecule has 0 aliphatic rings. The lowest BCUT2D eigenvalue weighted by molar-refractivity contribution is 0.0651. The average Bonchev–Trinajstić information content (AvgIpc) is 2.52. The lowest BCUT2D eigenvalue weighted by Crippen LogP contribution is -2.14. The van der Waals surface area contributed by atoms with Gasteiger partial charge in [-0.2, -0.15) is 0 Å². The molecule has 2 N–H and O–H groups in total. The maximum absolute atomic E-state index is 11.5. The number of hydrogen-bond acceptors (Lipinski definition) is 2. The van der Waals surface area contributed by atoms with Gasteiger partial charge in [-0.15, -0.1) is 0 Å². The number of rotatable bonds is 4. The van der Waals surface area contributed by atoms with Gasteiger partial charge in [0.25, 0.3) is 0 Å². The Balaban J connectivity index is 2.76. The van der Waals surface area contributed by atoms with Crippen LogP contribution in [0.15, 0.2) is 36.4 Å². The maximum atomic E-state index is 11.5. The maximum Gasteiger partial charge on any atom is 0.336 e. The van der Waals surface area contributed by atoms with Crippen LogP contribution < -0.4 is 0 Å². The minimum absolute atomic E-state index is 0.125. The lowest BCUT2D eigenvalue weighted by atomic mass is 9.80. The van der Waals surface area contributed by atoms with Crippen LogP contribution >= 0.6 is 0 Å². The molecule has 0 radical (unpaired) electrons. The van der Waals surface area contributed by atoms with E-state index in [1.807, 2.05) is 0 Å². The number of hydrogen-bond donors (Lipinski definition) is 2. The van der Waals surface area contributed by atoms with Crippen LogP contribution in [0.5, 0.6) is 0 Å². The minimum Gasteiger partial charge on any atom is -0.478 e. The molecule has 2 aromatic carbocycles. The number of carboxylic acids is 2. The highest BCUT2D eigenvalue weighted by atomic mass is 16.4. The van der Waals surface area contributed by atoms with Crippen molar-refractivity contribution in [2.45, 2.75) is 46.0 Å². The van der Waals surface area contributed by atoms with Gasteiger partial charge in [0, 0.05) is 0 Å². The van der Waals surface area contributed by atoms with Crippen LogP contribution in [0.1, 0.15) is 72.4 Å². The third kappa shape index (κ3) is 3.90. The summed E-state index contributed by atoms with van der Waals surface area (Å²) in [5, 5.41) is 18.6. The van der Waals surface area contributed by atoms with Gasteiger partial charge < -0.3 is 10.2 Å². The van der Waals surface area contributed by atoms with Crippen molar-refractivity contribution in [3.05, 3.63) is 58.7 Å². The summed E-state index contributed by atoms with van der Waals surface area (Å²) in [5.41, 5.74) is 3.39. The quantitative estimate of drug-likeness (QED) is 0.805. The number of aromatic carboxylic acids is 2. The van der Waals surface area contributed by atoms with Crippen molar-refractivity contribution in [3.63, 3.8) is 0 Å². The molecule has 25 heavy (non-hydrogen) atoms. The van der Waals surface area contributed by atoms with Crippen LogP contribution in [-0.2, 0) is 5.41 Å². The third-order valence-corrected chi connectivity index (χ3v) is 4.31. The van der Waals surface area contributed by atoms with Crippen molar-refractivity contribution in [1.29, 1.82) is 0 Å². The van der Waals surface area contributed by atoms with Crippen LogP contribution in [0.2, 0.25) is 0 Å². The molecule has 0 atom stereocenters. The van der Waals surface area contributed by atoms with Crippen LogP contribution in [0.25, 0.3) is 11.1 Å². The van der Waals surface area contributed by atoms with Crippen molar-refractivity contribution in [1.82, 2.24) is 0 Å². The molecule has 2 aromatic rings. The Morgan fingerprint density at radius 2 is 1.48 bits per heavy atom. The summed E-state index contributed by atoms with van der Waals surface area (Å²) in [7, 11) is 0. The van der Waals surface area contributed by atoms with Gasteiger partial charge in [0.1, 0.15) is 0 Å². The molecule has 0 aromatic heterocycles. The van der Waals surface area contributed by atoms with Crippen molar-refractivity contribution in [3.8, 4) is 11.1 Å². The van der Waals surface area contributed by atoms with E-state index in [0.717, 1.165) is 22.3 Å². The van der Waals surface area contributed by atoms with Crippen molar-refractivity contribution >= 4 is 11.9 Å². The molecule has 0 amide bonds. The Hall–Kier alpha value is -2.62. The Labute approximate surface area is 148 Å². The van der Waals surface area contributed by atoms with E-state index in [1.165, 1.54) is 12.1 Å². The fraction of sp³-hybridized carbons (Fsp3) is 0.333. The molecular formula is C21H24O4. The van der Waals surface area contributed by atoms with Gasteiger partial charge in [-0.25, -0.2) is 9.59 Å². The van der Waals surface area contributed by atoms with E-state index in [0.29, 0.717) is 5.92 Å². The first-order chi connectivity index (χ1) is 11.5. The standard InChI is InChI=1S/C21H24O4/c1-12(2)13-7-9-18(21(3,4)5)16(10-13)14-6-8-15(19(22)23)17(11-14)20(24)25/h6-12H,1-5H3,(H,22,23)(H,24,25). The molecular weight excluding hydrogens is 316 g/mol. The van der Waals surface area contributed by atoms with E-state index in [-0.39, 0.29) is 16.5 Å². The first-order valence-corrected chi connectivity index (χ1v) is 8.27. The van der Waals surface area contributed by atoms with E-state index in [4.69, 9.17) is 0 Å². The number of carbonyl (C=O) groups is 2. The smallest absolute Gasteiger partial charge is 0.336 e. The van der Waals surface area contributed by atoms with Gasteiger partial charge in [-0.1, -0.05) is 58.9 Å². The topological polar surface area (TPSA) is 74.6 Å². The van der Waals surface area contributed by atoms with Crippen molar-refractivity contribution in [2.24, 2.45) is 0 Å². The highest BCUT2D eigenvalue weighted by Crippen LogP contribution is 2.36. The molecule has 0 unspecified atom stereocenters. The van der Waals surface area contributed by atoms with Crippen LogP contribution in [-0.4, -0.2) is 22.2 Å². The molecule has 0 saturated heterocycles. The molecule has 0 aliphatic heterocycles. The van der Waals surface area contributed by atoms with Crippen LogP contribution in [0.3, 0.4) is 0 Å². The second-order valence-corrected chi connectivity index (χ2v) is 7.58. The normalized spacial score (nSPS) is 11.6. The fourth-order valence-corrected chi connectivity index (χ4v) is 2.89. The molecule has 132 valence electrons. The molecule has 0 spiro atoms. The van der Waals surface area contributed by atoms with Gasteiger partial charge in [0.2, 0.25) is 0 Å². The summed E-state index contributed by atoms with van der Waals surface area (Å²) in [6, 6.07) is 10.8. The predicted octanol–water partition coefficient (Wildman–Crippen LogP) is 5.17. The minimum atomic E-state index is -1.24. The molecule has 0 fully saturated rings. The fourth-order valence-electron chi connectivity index (χ4n) is 2.89. The largest absolute Gasteiger partial charge is 0.478 e. The second kappa shape index (κ2) is 6.71. The molecule has 4 heteroatoms. The Morgan fingerprint density at radius 3 is 1.96 bits per heavy atom. The van der Waals surface area contributed by atoms with Crippen LogP contribution in [0, 0.1) is 0 Å². The Bertz CT molecular complexity index is 826. The summed E-state index contributed by atoms with van der Waals surface area (Å²) < 4.78 is 0. The zero-order valence-corrected chi connectivity index (χ0v) is 15.3. The second-order valence-electron chi connectivity index (χ2n) is 7.58. The highest BCUT2D eigenvalue weighted by Gasteiger charge is 2.22. The first-order valence-electron chi connectivity index (χ1n) is 8.27. The zero-order valence-electron chi connectivity index (χ0n) is 15.3. The van der Waals surface area contributed by atoms with Crippen LogP contribution in [0.4, 0.5) is 0 Å². The predicted molar refractivity (Wildman–Crippen MR) is 98.6 cm³/mol. The van der Waals surface area contributed by atoms with Crippen molar-refractivity contribution < 1.29 is 19.8 Å². The summed E-state index contributed by atoms with van der Waals surface area (Å²) >= 11 is 0. The monoisotopic (exact) mass is 340 g/mol. The Morgan fingerprint density at radius 1 is 0.880 bits per heavy atom. The zero-order chi connectivity index (χ0) is 18.9. The highest BCUT2D eigenvalue weighted by molar-refractivity contribution is 6.02. The molecule has 4 nitrogen and oxygen atoms in total. The van der Waals surface area contributed by atoms with E-state index < -0.39 is 11.9 Å². The number of carboxylic acid groups (broad SMARTS) is 2. The summed E-state index contributed by atoms with van der Waals surface area (Å²) in [5.74, 6) is -2.14. The SMILES string of the molecule is CC(C)c1ccc(C(C)(C)C)c(-c2ccc(C(=O)O)c(C(=O)O)c2)c1.